The zero-order chi connectivity index (χ0) is 13.5. The maximum absolute atomic E-state index is 12.2. The summed E-state index contributed by atoms with van der Waals surface area (Å²) in [6.45, 7) is 2.13. The Morgan fingerprint density at radius 2 is 2.00 bits per heavy atom. The molecule has 0 aromatic heterocycles. The minimum Gasteiger partial charge on any atom is -0.342 e. The van der Waals surface area contributed by atoms with Crippen molar-refractivity contribution in [3.8, 4) is 0 Å². The van der Waals surface area contributed by atoms with Gasteiger partial charge >= 0.3 is 0 Å². The number of rotatable bonds is 6. The molecule has 0 N–H and O–H groups in total. The number of thiol groups is 1. The summed E-state index contributed by atoms with van der Waals surface area (Å²) in [5.41, 5.74) is 1.05. The molecule has 18 heavy (non-hydrogen) atoms. The number of carbonyl (C=O) groups excluding carboxylic acids is 1. The van der Waals surface area contributed by atoms with Gasteiger partial charge < -0.3 is 4.90 Å². The number of thioether (sulfide) groups is 1. The van der Waals surface area contributed by atoms with Crippen LogP contribution in [-0.2, 0) is 11.2 Å². The highest BCUT2D eigenvalue weighted by Crippen LogP contribution is 2.12. The Bertz CT molecular complexity index is 378. The van der Waals surface area contributed by atoms with Crippen LogP contribution in [0.1, 0.15) is 18.9 Å². The molecule has 0 saturated carbocycles. The average molecular weight is 283 g/mol. The number of nitrogens with zero attached hydrogens (tertiary/aromatic N) is 1. The molecule has 2 nitrogen and oxygen atoms in total. The van der Waals surface area contributed by atoms with E-state index in [4.69, 9.17) is 0 Å². The topological polar surface area (TPSA) is 20.3 Å². The molecule has 0 bridgehead atoms. The Balaban J connectivity index is 2.61. The second-order valence-electron chi connectivity index (χ2n) is 4.37. The lowest BCUT2D eigenvalue weighted by atomic mass is 10.1. The normalized spacial score (nSPS) is 12.2. The van der Waals surface area contributed by atoms with Crippen LogP contribution in [0.4, 0.5) is 0 Å². The summed E-state index contributed by atoms with van der Waals surface area (Å²) >= 11 is 6.02. The fourth-order valence-corrected chi connectivity index (χ4v) is 2.81. The van der Waals surface area contributed by atoms with Gasteiger partial charge in [-0.25, -0.2) is 0 Å². The predicted octanol–water partition coefficient (Wildman–Crippen LogP) is 3.12. The number of hydrogen-bond acceptors (Lipinski definition) is 3. The molecule has 0 aliphatic carbocycles. The summed E-state index contributed by atoms with van der Waals surface area (Å²) in [5.74, 6) is 1.18. The summed E-state index contributed by atoms with van der Waals surface area (Å²) in [7, 11) is 1.90. The van der Waals surface area contributed by atoms with E-state index in [1.54, 1.807) is 11.8 Å². The van der Waals surface area contributed by atoms with Crippen molar-refractivity contribution in [1.29, 1.82) is 0 Å². The van der Waals surface area contributed by atoms with Crippen LogP contribution in [0.25, 0.3) is 0 Å². The van der Waals surface area contributed by atoms with Crippen molar-refractivity contribution < 1.29 is 4.79 Å². The molecular formula is C14H21NOS2. The molecule has 0 saturated heterocycles. The first-order valence-electron chi connectivity index (χ1n) is 6.11. The standard InChI is InChI=1S/C14H21NOS2/c1-4-12(10-18-3)15(2)14(16)9-11-5-7-13(17)8-6-11/h5-8,12,17H,4,9-10H2,1-3H3. The molecule has 4 heteroatoms. The molecular weight excluding hydrogens is 262 g/mol. The maximum atomic E-state index is 12.2. The third-order valence-electron chi connectivity index (χ3n) is 3.06. The molecule has 1 aromatic rings. The van der Waals surface area contributed by atoms with Crippen molar-refractivity contribution in [3.63, 3.8) is 0 Å². The first-order chi connectivity index (χ1) is 8.58. The highest BCUT2D eigenvalue weighted by atomic mass is 32.2. The van der Waals surface area contributed by atoms with E-state index in [0.29, 0.717) is 12.5 Å². The second kappa shape index (κ2) is 7.74. The maximum Gasteiger partial charge on any atom is 0.227 e. The number of likely N-dealkylation sites (N-methyl/N-ethyl adjacent to an activating group) is 1. The van der Waals surface area contributed by atoms with Gasteiger partial charge in [0, 0.05) is 23.7 Å². The molecule has 0 aliphatic heterocycles. The molecule has 1 amide bonds. The van der Waals surface area contributed by atoms with E-state index in [0.717, 1.165) is 22.6 Å². The van der Waals surface area contributed by atoms with Gasteiger partial charge in [-0.1, -0.05) is 19.1 Å². The van der Waals surface area contributed by atoms with Crippen LogP contribution >= 0.6 is 24.4 Å². The highest BCUT2D eigenvalue weighted by molar-refractivity contribution is 7.98. The quantitative estimate of drug-likeness (QED) is 0.810. The lowest BCUT2D eigenvalue weighted by molar-refractivity contribution is -0.130. The smallest absolute Gasteiger partial charge is 0.227 e. The third-order valence-corrected chi connectivity index (χ3v) is 4.08. The Labute approximate surface area is 120 Å². The van der Waals surface area contributed by atoms with E-state index >= 15 is 0 Å². The van der Waals surface area contributed by atoms with E-state index in [1.165, 1.54) is 0 Å². The summed E-state index contributed by atoms with van der Waals surface area (Å²) < 4.78 is 0. The van der Waals surface area contributed by atoms with Crippen molar-refractivity contribution in [2.24, 2.45) is 0 Å². The van der Waals surface area contributed by atoms with E-state index in [9.17, 15) is 4.79 Å². The number of benzene rings is 1. The fourth-order valence-electron chi connectivity index (χ4n) is 1.81. The first-order valence-corrected chi connectivity index (χ1v) is 7.95. The van der Waals surface area contributed by atoms with Gasteiger partial charge in [0.15, 0.2) is 0 Å². The number of hydrogen-bond donors (Lipinski definition) is 1. The molecule has 0 spiro atoms. The van der Waals surface area contributed by atoms with Crippen LogP contribution in [0.15, 0.2) is 29.2 Å². The lowest BCUT2D eigenvalue weighted by Crippen LogP contribution is -2.39. The van der Waals surface area contributed by atoms with Crippen LogP contribution in [0, 0.1) is 0 Å². The van der Waals surface area contributed by atoms with Crippen molar-refractivity contribution in [2.75, 3.05) is 19.1 Å². The van der Waals surface area contributed by atoms with Crippen LogP contribution in [0.2, 0.25) is 0 Å². The predicted molar refractivity (Wildman–Crippen MR) is 82.6 cm³/mol. The Morgan fingerprint density at radius 1 is 1.39 bits per heavy atom. The van der Waals surface area contributed by atoms with Crippen molar-refractivity contribution >= 4 is 30.3 Å². The number of amides is 1. The minimum atomic E-state index is 0.183. The molecule has 1 unspecified atom stereocenters. The Hall–Kier alpha value is -0.610. The molecule has 1 rings (SSSR count). The third kappa shape index (κ3) is 4.58. The van der Waals surface area contributed by atoms with Gasteiger partial charge in [0.05, 0.1) is 6.42 Å². The Kier molecular flexibility index (Phi) is 6.65. The van der Waals surface area contributed by atoms with Gasteiger partial charge in [-0.3, -0.25) is 4.79 Å². The lowest BCUT2D eigenvalue weighted by Gasteiger charge is -2.26. The van der Waals surface area contributed by atoms with Gasteiger partial charge in [-0.2, -0.15) is 11.8 Å². The zero-order valence-corrected chi connectivity index (χ0v) is 12.9. The van der Waals surface area contributed by atoms with E-state index in [-0.39, 0.29) is 5.91 Å². The first kappa shape index (κ1) is 15.4. The van der Waals surface area contributed by atoms with Crippen LogP contribution < -0.4 is 0 Å². The van der Waals surface area contributed by atoms with Gasteiger partial charge in [0.25, 0.3) is 0 Å². The average Bonchev–Trinajstić information content (AvgIpc) is 2.37. The monoisotopic (exact) mass is 283 g/mol. The summed E-state index contributed by atoms with van der Waals surface area (Å²) in [4.78, 5) is 15.0. The minimum absolute atomic E-state index is 0.183. The van der Waals surface area contributed by atoms with Crippen LogP contribution in [0.5, 0.6) is 0 Å². The van der Waals surface area contributed by atoms with Gasteiger partial charge in [0.2, 0.25) is 5.91 Å². The van der Waals surface area contributed by atoms with Crippen LogP contribution in [-0.4, -0.2) is 35.9 Å². The SMILES string of the molecule is CCC(CSC)N(C)C(=O)Cc1ccc(S)cc1. The van der Waals surface area contributed by atoms with E-state index < -0.39 is 0 Å². The molecule has 1 atom stereocenters. The molecule has 0 heterocycles. The molecule has 0 aliphatic rings. The highest BCUT2D eigenvalue weighted by Gasteiger charge is 2.17. The summed E-state index contributed by atoms with van der Waals surface area (Å²) in [5, 5.41) is 0. The van der Waals surface area contributed by atoms with Crippen molar-refractivity contribution in [3.05, 3.63) is 29.8 Å². The van der Waals surface area contributed by atoms with Gasteiger partial charge in [0.1, 0.15) is 0 Å². The van der Waals surface area contributed by atoms with Crippen molar-refractivity contribution in [1.82, 2.24) is 4.90 Å². The van der Waals surface area contributed by atoms with E-state index in [1.807, 2.05) is 36.2 Å². The molecule has 0 radical (unpaired) electrons. The zero-order valence-electron chi connectivity index (χ0n) is 11.2. The van der Waals surface area contributed by atoms with E-state index in [2.05, 4.69) is 25.8 Å². The molecule has 0 fully saturated rings. The van der Waals surface area contributed by atoms with Gasteiger partial charge in [-0.05, 0) is 30.4 Å². The molecule has 1 aromatic carbocycles. The van der Waals surface area contributed by atoms with Crippen molar-refractivity contribution in [2.45, 2.75) is 30.7 Å². The number of carbonyl (C=O) groups is 1. The molecule has 100 valence electrons. The van der Waals surface area contributed by atoms with Crippen LogP contribution in [0.3, 0.4) is 0 Å². The second-order valence-corrected chi connectivity index (χ2v) is 5.79. The fraction of sp³-hybridized carbons (Fsp3) is 0.500. The van der Waals surface area contributed by atoms with Gasteiger partial charge in [-0.15, -0.1) is 12.6 Å². The largest absolute Gasteiger partial charge is 0.342 e. The summed E-state index contributed by atoms with van der Waals surface area (Å²) in [6.07, 6.45) is 3.54. The summed E-state index contributed by atoms with van der Waals surface area (Å²) in [6, 6.07) is 8.10. The Morgan fingerprint density at radius 3 is 2.50 bits per heavy atom.